The number of hydrogen-bond acceptors (Lipinski definition) is 4. The van der Waals surface area contributed by atoms with Crippen molar-refractivity contribution in [1.29, 1.82) is 0 Å². The average molecular weight is 251 g/mol. The molecule has 0 amide bonds. The third kappa shape index (κ3) is 5.35. The Morgan fingerprint density at radius 2 is 1.50 bits per heavy atom. The maximum Gasteiger partial charge on any atom is 0.324 e. The van der Waals surface area contributed by atoms with Gasteiger partial charge in [-0.1, -0.05) is 13.8 Å². The van der Waals surface area contributed by atoms with Crippen LogP contribution in [-0.2, 0) is 19.1 Å². The quantitative estimate of drug-likeness (QED) is 0.513. The Morgan fingerprint density at radius 1 is 1.06 bits per heavy atom. The molecule has 2 atom stereocenters. The van der Waals surface area contributed by atoms with Crippen molar-refractivity contribution in [2.75, 3.05) is 13.2 Å². The Balaban J connectivity index is 4.09. The van der Waals surface area contributed by atoms with E-state index < -0.39 is 23.2 Å². The summed E-state index contributed by atoms with van der Waals surface area (Å²) in [6, 6.07) is 0. The Labute approximate surface area is 101 Å². The van der Waals surface area contributed by atoms with E-state index in [0.29, 0.717) is 13.2 Å². The van der Waals surface area contributed by atoms with Gasteiger partial charge >= 0.3 is 11.9 Å². The van der Waals surface area contributed by atoms with Crippen LogP contribution in [0.5, 0.6) is 0 Å². The highest BCUT2D eigenvalue weighted by molar-refractivity contribution is 6.31. The fourth-order valence-electron chi connectivity index (χ4n) is 0.940. The summed E-state index contributed by atoms with van der Waals surface area (Å²) in [7, 11) is 0. The van der Waals surface area contributed by atoms with Crippen LogP contribution in [0.4, 0.5) is 0 Å². The second-order valence-electron chi connectivity index (χ2n) is 3.53. The number of carbonyl (C=O) groups is 2. The van der Waals surface area contributed by atoms with Gasteiger partial charge in [-0.3, -0.25) is 9.59 Å². The SMILES string of the molecule is CCCOC(=O)C(C)C(Cl)C(=O)OCCC. The molecule has 0 fully saturated rings. The summed E-state index contributed by atoms with van der Waals surface area (Å²) in [4.78, 5) is 22.8. The van der Waals surface area contributed by atoms with E-state index in [1.165, 1.54) is 0 Å². The second kappa shape index (κ2) is 8.39. The fraction of sp³-hybridized carbons (Fsp3) is 0.818. The van der Waals surface area contributed by atoms with Gasteiger partial charge in [0.25, 0.3) is 0 Å². The second-order valence-corrected chi connectivity index (χ2v) is 4.00. The predicted molar refractivity (Wildman–Crippen MR) is 61.3 cm³/mol. The fourth-order valence-corrected chi connectivity index (χ4v) is 1.11. The average Bonchev–Trinajstić information content (AvgIpc) is 2.30. The molecule has 0 spiro atoms. The number of alkyl halides is 1. The number of rotatable bonds is 7. The number of hydrogen-bond donors (Lipinski definition) is 0. The molecule has 2 unspecified atom stereocenters. The highest BCUT2D eigenvalue weighted by Gasteiger charge is 2.30. The molecule has 0 aliphatic rings. The molecule has 0 saturated carbocycles. The zero-order valence-corrected chi connectivity index (χ0v) is 10.8. The van der Waals surface area contributed by atoms with Crippen LogP contribution < -0.4 is 0 Å². The van der Waals surface area contributed by atoms with Crippen molar-refractivity contribution < 1.29 is 19.1 Å². The van der Waals surface area contributed by atoms with E-state index in [1.54, 1.807) is 6.92 Å². The Bertz CT molecular complexity index is 206. The number of esters is 2. The van der Waals surface area contributed by atoms with Gasteiger partial charge in [-0.15, -0.1) is 11.6 Å². The van der Waals surface area contributed by atoms with Gasteiger partial charge < -0.3 is 9.47 Å². The van der Waals surface area contributed by atoms with Crippen molar-refractivity contribution >= 4 is 23.5 Å². The first-order chi connectivity index (χ1) is 7.54. The minimum Gasteiger partial charge on any atom is -0.465 e. The summed E-state index contributed by atoms with van der Waals surface area (Å²) in [5.74, 6) is -1.71. The molecule has 0 aliphatic heterocycles. The molecule has 0 N–H and O–H groups in total. The monoisotopic (exact) mass is 250 g/mol. The van der Waals surface area contributed by atoms with Gasteiger partial charge in [0.05, 0.1) is 19.1 Å². The molecule has 0 rings (SSSR count). The van der Waals surface area contributed by atoms with Gasteiger partial charge in [0.2, 0.25) is 0 Å². The first-order valence-electron chi connectivity index (χ1n) is 5.51. The number of carbonyl (C=O) groups excluding carboxylic acids is 2. The van der Waals surface area contributed by atoms with Crippen molar-refractivity contribution in [3.8, 4) is 0 Å². The third-order valence-corrected chi connectivity index (χ3v) is 2.49. The van der Waals surface area contributed by atoms with E-state index in [1.807, 2.05) is 13.8 Å². The van der Waals surface area contributed by atoms with Crippen molar-refractivity contribution in [1.82, 2.24) is 0 Å². The van der Waals surface area contributed by atoms with Crippen LogP contribution in [0.1, 0.15) is 33.6 Å². The van der Waals surface area contributed by atoms with E-state index in [9.17, 15) is 9.59 Å². The molecule has 0 aliphatic carbocycles. The zero-order valence-electron chi connectivity index (χ0n) is 9.99. The maximum atomic E-state index is 11.4. The molecule has 16 heavy (non-hydrogen) atoms. The van der Waals surface area contributed by atoms with E-state index in [-0.39, 0.29) is 0 Å². The summed E-state index contributed by atoms with van der Waals surface area (Å²) in [6.45, 7) is 6.00. The molecular weight excluding hydrogens is 232 g/mol. The summed E-state index contributed by atoms with van der Waals surface area (Å²) in [5, 5.41) is -0.976. The predicted octanol–water partition coefficient (Wildman–Crippen LogP) is 2.14. The lowest BCUT2D eigenvalue weighted by Gasteiger charge is -2.15. The van der Waals surface area contributed by atoms with E-state index >= 15 is 0 Å². The Kier molecular flexibility index (Phi) is 7.99. The van der Waals surface area contributed by atoms with Gasteiger partial charge in [-0.2, -0.15) is 0 Å². The van der Waals surface area contributed by atoms with Crippen molar-refractivity contribution in [3.05, 3.63) is 0 Å². The summed E-state index contributed by atoms with van der Waals surface area (Å²) >= 11 is 5.82. The van der Waals surface area contributed by atoms with Crippen LogP contribution in [0.3, 0.4) is 0 Å². The highest BCUT2D eigenvalue weighted by atomic mass is 35.5. The molecule has 0 aromatic rings. The lowest BCUT2D eigenvalue weighted by molar-refractivity contribution is -0.154. The Morgan fingerprint density at radius 3 is 1.94 bits per heavy atom. The molecule has 0 heterocycles. The zero-order chi connectivity index (χ0) is 12.6. The molecule has 0 bridgehead atoms. The maximum absolute atomic E-state index is 11.4. The lowest BCUT2D eigenvalue weighted by atomic mass is 10.1. The standard InChI is InChI=1S/C11H19ClO4/c1-4-6-15-10(13)8(3)9(12)11(14)16-7-5-2/h8-9H,4-7H2,1-3H3. The summed E-state index contributed by atoms with van der Waals surface area (Å²) < 4.78 is 9.75. The topological polar surface area (TPSA) is 52.6 Å². The van der Waals surface area contributed by atoms with Gasteiger partial charge in [0.15, 0.2) is 0 Å². The molecule has 0 aromatic heterocycles. The van der Waals surface area contributed by atoms with Gasteiger partial charge in [-0.25, -0.2) is 0 Å². The summed E-state index contributed by atoms with van der Waals surface area (Å²) in [5.41, 5.74) is 0. The molecule has 5 heteroatoms. The minimum atomic E-state index is -0.976. The first kappa shape index (κ1) is 15.2. The highest BCUT2D eigenvalue weighted by Crippen LogP contribution is 2.14. The van der Waals surface area contributed by atoms with Crippen LogP contribution >= 0.6 is 11.6 Å². The van der Waals surface area contributed by atoms with Crippen LogP contribution in [0.2, 0.25) is 0 Å². The van der Waals surface area contributed by atoms with Crippen molar-refractivity contribution in [2.45, 2.75) is 39.0 Å². The normalized spacial score (nSPS) is 14.0. The molecule has 0 saturated heterocycles. The van der Waals surface area contributed by atoms with E-state index in [2.05, 4.69) is 0 Å². The van der Waals surface area contributed by atoms with Crippen LogP contribution in [-0.4, -0.2) is 30.5 Å². The van der Waals surface area contributed by atoms with Gasteiger partial charge in [0.1, 0.15) is 5.38 Å². The lowest BCUT2D eigenvalue weighted by Crippen LogP contribution is -2.31. The smallest absolute Gasteiger partial charge is 0.324 e. The molecular formula is C11H19ClO4. The summed E-state index contributed by atoms with van der Waals surface area (Å²) in [6.07, 6.45) is 1.47. The number of halogens is 1. The van der Waals surface area contributed by atoms with Crippen LogP contribution in [0, 0.1) is 5.92 Å². The van der Waals surface area contributed by atoms with Gasteiger partial charge in [0, 0.05) is 0 Å². The molecule has 94 valence electrons. The minimum absolute atomic E-state index is 0.318. The van der Waals surface area contributed by atoms with Gasteiger partial charge in [-0.05, 0) is 19.8 Å². The number of ether oxygens (including phenoxy) is 2. The van der Waals surface area contributed by atoms with Crippen LogP contribution in [0.25, 0.3) is 0 Å². The molecule has 4 nitrogen and oxygen atoms in total. The van der Waals surface area contributed by atoms with Crippen molar-refractivity contribution in [3.63, 3.8) is 0 Å². The largest absolute Gasteiger partial charge is 0.465 e. The molecule has 0 radical (unpaired) electrons. The third-order valence-electron chi connectivity index (χ3n) is 1.93. The van der Waals surface area contributed by atoms with Crippen LogP contribution in [0.15, 0.2) is 0 Å². The molecule has 0 aromatic carbocycles. The van der Waals surface area contributed by atoms with Crippen molar-refractivity contribution in [2.24, 2.45) is 5.92 Å². The van der Waals surface area contributed by atoms with E-state index in [4.69, 9.17) is 21.1 Å². The van der Waals surface area contributed by atoms with E-state index in [0.717, 1.165) is 12.8 Å². The Hall–Kier alpha value is -0.770. The first-order valence-corrected chi connectivity index (χ1v) is 5.95.